The van der Waals surface area contributed by atoms with Gasteiger partial charge in [-0.2, -0.15) is 0 Å². The number of benzene rings is 1. The van der Waals surface area contributed by atoms with Crippen molar-refractivity contribution < 1.29 is 9.59 Å². The number of anilines is 2. The topological polar surface area (TPSA) is 103 Å². The zero-order chi connectivity index (χ0) is 19.0. The SMILES string of the molecule is C/C(=C1/C(=O)Nc2ccc(NC(=O)N3CCC(N)CC3)cc21)c1ccc[nH]1. The molecule has 0 saturated carbocycles. The number of allylic oxidation sites excluding steroid dienone is 1. The van der Waals surface area contributed by atoms with Crippen LogP contribution in [0, 0.1) is 0 Å². The summed E-state index contributed by atoms with van der Waals surface area (Å²) in [5.41, 5.74) is 10.5. The van der Waals surface area contributed by atoms with Crippen LogP contribution in [0.2, 0.25) is 0 Å². The van der Waals surface area contributed by atoms with Crippen LogP contribution in [0.4, 0.5) is 16.2 Å². The van der Waals surface area contributed by atoms with Gasteiger partial charge < -0.3 is 26.3 Å². The second kappa shape index (κ2) is 6.92. The minimum absolute atomic E-state index is 0.134. The number of carbonyl (C=O) groups is 2. The van der Waals surface area contributed by atoms with Crippen LogP contribution in [-0.2, 0) is 4.79 Å². The summed E-state index contributed by atoms with van der Waals surface area (Å²) in [5.74, 6) is -0.134. The Morgan fingerprint density at radius 3 is 2.74 bits per heavy atom. The van der Waals surface area contributed by atoms with Gasteiger partial charge in [0.1, 0.15) is 0 Å². The number of amides is 3. The van der Waals surface area contributed by atoms with Crippen LogP contribution in [0.3, 0.4) is 0 Å². The number of piperidine rings is 1. The molecule has 2 aliphatic heterocycles. The van der Waals surface area contributed by atoms with Gasteiger partial charge in [-0.15, -0.1) is 0 Å². The number of likely N-dealkylation sites (tertiary alicyclic amines) is 1. The molecule has 0 aliphatic carbocycles. The van der Waals surface area contributed by atoms with E-state index in [-0.39, 0.29) is 18.0 Å². The van der Waals surface area contributed by atoms with Crippen LogP contribution in [-0.4, -0.2) is 41.0 Å². The van der Waals surface area contributed by atoms with Gasteiger partial charge in [0.25, 0.3) is 5.91 Å². The molecule has 0 bridgehead atoms. The van der Waals surface area contributed by atoms with Crippen LogP contribution in [0.5, 0.6) is 0 Å². The summed E-state index contributed by atoms with van der Waals surface area (Å²) in [4.78, 5) is 29.9. The molecule has 2 aliphatic rings. The second-order valence-corrected chi connectivity index (χ2v) is 7.05. The van der Waals surface area contributed by atoms with E-state index >= 15 is 0 Å². The van der Waals surface area contributed by atoms with E-state index in [0.29, 0.717) is 24.4 Å². The van der Waals surface area contributed by atoms with Crippen molar-refractivity contribution in [2.75, 3.05) is 23.7 Å². The molecule has 2 aromatic rings. The molecule has 1 aromatic heterocycles. The summed E-state index contributed by atoms with van der Waals surface area (Å²) in [6, 6.07) is 9.35. The van der Waals surface area contributed by atoms with Crippen LogP contribution in [0.25, 0.3) is 11.1 Å². The molecule has 0 spiro atoms. The minimum Gasteiger partial charge on any atom is -0.361 e. The molecule has 4 rings (SSSR count). The lowest BCUT2D eigenvalue weighted by Crippen LogP contribution is -2.44. The fourth-order valence-corrected chi connectivity index (χ4v) is 3.62. The number of H-pyrrole nitrogens is 1. The molecule has 140 valence electrons. The third-order valence-corrected chi connectivity index (χ3v) is 5.22. The first kappa shape index (κ1) is 17.4. The van der Waals surface area contributed by atoms with Crippen LogP contribution >= 0.6 is 0 Å². The molecule has 0 atom stereocenters. The smallest absolute Gasteiger partial charge is 0.321 e. The van der Waals surface area contributed by atoms with E-state index in [1.54, 1.807) is 11.0 Å². The first-order chi connectivity index (χ1) is 13.0. The number of rotatable bonds is 2. The van der Waals surface area contributed by atoms with E-state index in [0.717, 1.165) is 35.4 Å². The third kappa shape index (κ3) is 3.33. The summed E-state index contributed by atoms with van der Waals surface area (Å²) in [6.45, 7) is 3.24. The monoisotopic (exact) mass is 365 g/mol. The lowest BCUT2D eigenvalue weighted by Gasteiger charge is -2.30. The Hall–Kier alpha value is -3.06. The average molecular weight is 365 g/mol. The van der Waals surface area contributed by atoms with E-state index in [1.807, 2.05) is 37.4 Å². The zero-order valence-corrected chi connectivity index (χ0v) is 15.2. The molecule has 0 radical (unpaired) electrons. The number of hydrogen-bond acceptors (Lipinski definition) is 3. The standard InChI is InChI=1S/C20H23N5O2/c1-12(16-3-2-8-22-16)18-15-11-14(4-5-17(15)24-19(18)26)23-20(27)25-9-6-13(21)7-10-25/h2-5,8,11,13,22H,6-7,9-10,21H2,1H3,(H,23,27)(H,24,26)/b18-12-. The number of nitrogens with two attached hydrogens (primary N) is 1. The summed E-state index contributed by atoms with van der Waals surface area (Å²) in [5, 5.41) is 5.83. The molecule has 3 amide bonds. The lowest BCUT2D eigenvalue weighted by molar-refractivity contribution is -0.110. The van der Waals surface area contributed by atoms with E-state index in [9.17, 15) is 9.59 Å². The van der Waals surface area contributed by atoms with Gasteiger partial charge in [-0.05, 0) is 55.7 Å². The van der Waals surface area contributed by atoms with E-state index in [2.05, 4.69) is 15.6 Å². The van der Waals surface area contributed by atoms with Crippen molar-refractivity contribution in [3.05, 3.63) is 47.8 Å². The van der Waals surface area contributed by atoms with E-state index in [1.165, 1.54) is 0 Å². The molecule has 0 unspecified atom stereocenters. The lowest BCUT2D eigenvalue weighted by atomic mass is 9.99. The number of nitrogens with zero attached hydrogens (tertiary/aromatic N) is 1. The average Bonchev–Trinajstić information content (AvgIpc) is 3.29. The van der Waals surface area contributed by atoms with Gasteiger partial charge in [-0.25, -0.2) is 4.79 Å². The van der Waals surface area contributed by atoms with Crippen molar-refractivity contribution in [3.63, 3.8) is 0 Å². The summed E-state index contributed by atoms with van der Waals surface area (Å²) in [7, 11) is 0. The maximum absolute atomic E-state index is 12.5. The molecule has 1 fully saturated rings. The molecule has 7 nitrogen and oxygen atoms in total. The van der Waals surface area contributed by atoms with Gasteiger partial charge in [0.2, 0.25) is 0 Å². The predicted molar refractivity (Wildman–Crippen MR) is 106 cm³/mol. The molecule has 7 heteroatoms. The number of aromatic nitrogens is 1. The first-order valence-corrected chi connectivity index (χ1v) is 9.15. The highest BCUT2D eigenvalue weighted by Gasteiger charge is 2.28. The van der Waals surface area contributed by atoms with Gasteiger partial charge in [0, 0.05) is 48.0 Å². The van der Waals surface area contributed by atoms with Gasteiger partial charge in [0.05, 0.1) is 5.57 Å². The summed E-state index contributed by atoms with van der Waals surface area (Å²) < 4.78 is 0. The Labute approximate surface area is 157 Å². The molecular weight excluding hydrogens is 342 g/mol. The van der Waals surface area contributed by atoms with Crippen LogP contribution < -0.4 is 16.4 Å². The highest BCUT2D eigenvalue weighted by atomic mass is 16.2. The third-order valence-electron chi connectivity index (χ3n) is 5.22. The number of hydrogen-bond donors (Lipinski definition) is 4. The maximum Gasteiger partial charge on any atom is 0.321 e. The largest absolute Gasteiger partial charge is 0.361 e. The number of aromatic amines is 1. The Kier molecular flexibility index (Phi) is 4.45. The Morgan fingerprint density at radius 1 is 1.26 bits per heavy atom. The molecule has 5 N–H and O–H groups in total. The van der Waals surface area contributed by atoms with Crippen molar-refractivity contribution in [2.24, 2.45) is 5.73 Å². The predicted octanol–water partition coefficient (Wildman–Crippen LogP) is 2.85. The highest BCUT2D eigenvalue weighted by Crippen LogP contribution is 2.38. The Bertz CT molecular complexity index is 908. The molecule has 1 aromatic carbocycles. The van der Waals surface area contributed by atoms with Crippen LogP contribution in [0.15, 0.2) is 36.5 Å². The molecule has 3 heterocycles. The van der Waals surface area contributed by atoms with Gasteiger partial charge in [-0.1, -0.05) is 0 Å². The van der Waals surface area contributed by atoms with Crippen molar-refractivity contribution >= 4 is 34.5 Å². The normalized spacial score (nSPS) is 18.9. The minimum atomic E-state index is -0.134. The first-order valence-electron chi connectivity index (χ1n) is 9.15. The number of carbonyl (C=O) groups excluding carboxylic acids is 2. The quantitative estimate of drug-likeness (QED) is 0.615. The fraction of sp³-hybridized carbons (Fsp3) is 0.300. The highest BCUT2D eigenvalue weighted by molar-refractivity contribution is 6.36. The van der Waals surface area contributed by atoms with Crippen molar-refractivity contribution in [1.82, 2.24) is 9.88 Å². The second-order valence-electron chi connectivity index (χ2n) is 7.05. The Morgan fingerprint density at radius 2 is 2.04 bits per heavy atom. The van der Waals surface area contributed by atoms with Crippen molar-refractivity contribution in [3.8, 4) is 0 Å². The summed E-state index contributed by atoms with van der Waals surface area (Å²) >= 11 is 0. The van der Waals surface area contributed by atoms with Crippen molar-refractivity contribution in [1.29, 1.82) is 0 Å². The number of fused-ring (bicyclic) bond motifs is 1. The molecule has 27 heavy (non-hydrogen) atoms. The molecule has 1 saturated heterocycles. The van der Waals surface area contributed by atoms with Gasteiger partial charge in [-0.3, -0.25) is 4.79 Å². The van der Waals surface area contributed by atoms with E-state index < -0.39 is 0 Å². The van der Waals surface area contributed by atoms with Crippen LogP contribution in [0.1, 0.15) is 31.0 Å². The van der Waals surface area contributed by atoms with Gasteiger partial charge in [0.15, 0.2) is 0 Å². The molecular formula is C20H23N5O2. The Balaban J connectivity index is 1.59. The number of nitrogens with one attached hydrogen (secondary N) is 3. The van der Waals surface area contributed by atoms with Gasteiger partial charge >= 0.3 is 6.03 Å². The summed E-state index contributed by atoms with van der Waals surface area (Å²) in [6.07, 6.45) is 3.46. The van der Waals surface area contributed by atoms with Crippen molar-refractivity contribution in [2.45, 2.75) is 25.8 Å². The number of urea groups is 1. The zero-order valence-electron chi connectivity index (χ0n) is 15.2. The fourth-order valence-electron chi connectivity index (χ4n) is 3.62. The van der Waals surface area contributed by atoms with E-state index in [4.69, 9.17) is 5.73 Å². The maximum atomic E-state index is 12.5.